The topological polar surface area (TPSA) is 52.7 Å². The van der Waals surface area contributed by atoms with Crippen LogP contribution in [0.3, 0.4) is 0 Å². The first kappa shape index (κ1) is 21.6. The fourth-order valence-electron chi connectivity index (χ4n) is 4.33. The molecule has 2 aliphatic rings. The van der Waals surface area contributed by atoms with Gasteiger partial charge in [0.25, 0.3) is 0 Å². The van der Waals surface area contributed by atoms with Crippen molar-refractivity contribution in [2.45, 2.75) is 51.5 Å². The summed E-state index contributed by atoms with van der Waals surface area (Å²) in [5.74, 6) is 0.220. The molecule has 29 heavy (non-hydrogen) atoms. The van der Waals surface area contributed by atoms with Gasteiger partial charge in [0.1, 0.15) is 0 Å². The molecule has 5 nitrogen and oxygen atoms in total. The van der Waals surface area contributed by atoms with Gasteiger partial charge >= 0.3 is 0 Å². The van der Waals surface area contributed by atoms with Crippen molar-refractivity contribution in [1.82, 2.24) is 15.1 Å². The number of hydrogen-bond acceptors (Lipinski definition) is 3. The van der Waals surface area contributed by atoms with Gasteiger partial charge < -0.3 is 15.1 Å². The summed E-state index contributed by atoms with van der Waals surface area (Å²) in [4.78, 5) is 29.2. The van der Waals surface area contributed by atoms with Crippen LogP contribution in [0.1, 0.15) is 51.0 Å². The average molecular weight is 398 g/mol. The molecular weight excluding hydrogens is 362 g/mol. The molecule has 0 aliphatic carbocycles. The highest BCUT2D eigenvalue weighted by Gasteiger charge is 2.26. The maximum absolute atomic E-state index is 12.5. The molecule has 3 rings (SSSR count). The maximum atomic E-state index is 12.5. The lowest BCUT2D eigenvalue weighted by atomic mass is 9.95. The van der Waals surface area contributed by atoms with E-state index in [4.69, 9.17) is 0 Å². The number of carbonyl (C=O) groups is 2. The summed E-state index contributed by atoms with van der Waals surface area (Å²) in [6.45, 7) is 6.63. The number of piperidine rings is 2. The Morgan fingerprint density at radius 1 is 1.07 bits per heavy atom. The number of benzene rings is 1. The summed E-state index contributed by atoms with van der Waals surface area (Å²) >= 11 is 0. The molecule has 1 aromatic carbocycles. The van der Waals surface area contributed by atoms with Crippen molar-refractivity contribution in [2.24, 2.45) is 5.92 Å². The van der Waals surface area contributed by atoms with Gasteiger partial charge in [-0.3, -0.25) is 9.59 Å². The molecule has 0 radical (unpaired) electrons. The molecule has 1 N–H and O–H groups in total. The standard InChI is InChI=1S/C24H35N3O2/c1-20-8-5-6-16-26(20)17-7-15-25-24(29)22-13-18-27(19-14-22)23(28)12-11-21-9-3-2-4-10-21/h2-4,9-12,20,22H,5-8,13-19H2,1H3,(H,25,29)/b12-11+. The van der Waals surface area contributed by atoms with Crippen LogP contribution in [0.4, 0.5) is 0 Å². The molecule has 158 valence electrons. The number of nitrogens with one attached hydrogen (secondary N) is 1. The second kappa shape index (κ2) is 11.1. The fourth-order valence-corrected chi connectivity index (χ4v) is 4.33. The van der Waals surface area contributed by atoms with Crippen molar-refractivity contribution in [3.05, 3.63) is 42.0 Å². The van der Waals surface area contributed by atoms with Crippen LogP contribution in [0.15, 0.2) is 36.4 Å². The van der Waals surface area contributed by atoms with Crippen LogP contribution in [0.5, 0.6) is 0 Å². The van der Waals surface area contributed by atoms with E-state index in [1.807, 2.05) is 41.3 Å². The number of nitrogens with zero attached hydrogens (tertiary/aromatic N) is 2. The zero-order valence-electron chi connectivity index (χ0n) is 17.7. The predicted molar refractivity (Wildman–Crippen MR) is 117 cm³/mol. The third kappa shape index (κ3) is 6.70. The van der Waals surface area contributed by atoms with Gasteiger partial charge in [-0.2, -0.15) is 0 Å². The van der Waals surface area contributed by atoms with Crippen molar-refractivity contribution >= 4 is 17.9 Å². The average Bonchev–Trinajstić information content (AvgIpc) is 2.77. The van der Waals surface area contributed by atoms with Crippen LogP contribution >= 0.6 is 0 Å². The molecule has 0 aromatic heterocycles. The molecule has 2 aliphatic heterocycles. The summed E-state index contributed by atoms with van der Waals surface area (Å²) in [6.07, 6.45) is 9.94. The Morgan fingerprint density at radius 3 is 2.55 bits per heavy atom. The number of amides is 2. The van der Waals surface area contributed by atoms with Gasteiger partial charge in [0.05, 0.1) is 0 Å². The zero-order valence-corrected chi connectivity index (χ0v) is 17.7. The van der Waals surface area contributed by atoms with Crippen LogP contribution in [-0.2, 0) is 9.59 Å². The molecule has 1 atom stereocenters. The largest absolute Gasteiger partial charge is 0.356 e. The van der Waals surface area contributed by atoms with Crippen LogP contribution in [0.2, 0.25) is 0 Å². The van der Waals surface area contributed by atoms with Gasteiger partial charge in [0.2, 0.25) is 11.8 Å². The Bertz CT molecular complexity index is 681. The third-order valence-electron chi connectivity index (χ3n) is 6.26. The van der Waals surface area contributed by atoms with Crippen molar-refractivity contribution < 1.29 is 9.59 Å². The molecule has 2 saturated heterocycles. The van der Waals surface area contributed by atoms with Crippen LogP contribution in [-0.4, -0.2) is 60.4 Å². The first-order valence-corrected chi connectivity index (χ1v) is 11.2. The van der Waals surface area contributed by atoms with E-state index in [9.17, 15) is 9.59 Å². The van der Waals surface area contributed by atoms with E-state index in [0.717, 1.165) is 37.9 Å². The number of carbonyl (C=O) groups excluding carboxylic acids is 2. The zero-order chi connectivity index (χ0) is 20.5. The highest BCUT2D eigenvalue weighted by Crippen LogP contribution is 2.18. The number of hydrogen-bond donors (Lipinski definition) is 1. The lowest BCUT2D eigenvalue weighted by molar-refractivity contribution is -0.132. The van der Waals surface area contributed by atoms with Crippen LogP contribution in [0.25, 0.3) is 6.08 Å². The minimum atomic E-state index is 0.0309. The van der Waals surface area contributed by atoms with E-state index in [2.05, 4.69) is 17.1 Å². The minimum absolute atomic E-state index is 0.0309. The van der Waals surface area contributed by atoms with Gasteiger partial charge in [-0.25, -0.2) is 0 Å². The smallest absolute Gasteiger partial charge is 0.246 e. The molecule has 2 fully saturated rings. The van der Waals surface area contributed by atoms with Crippen LogP contribution in [0, 0.1) is 5.92 Å². The van der Waals surface area contributed by atoms with Gasteiger partial charge in [0, 0.05) is 44.2 Å². The molecule has 0 spiro atoms. The molecule has 2 amide bonds. The number of likely N-dealkylation sites (tertiary alicyclic amines) is 2. The van der Waals surface area contributed by atoms with Gasteiger partial charge in [-0.15, -0.1) is 0 Å². The fraction of sp³-hybridized carbons (Fsp3) is 0.583. The second-order valence-electron chi connectivity index (χ2n) is 8.37. The monoisotopic (exact) mass is 397 g/mol. The van der Waals surface area contributed by atoms with Crippen molar-refractivity contribution in [2.75, 3.05) is 32.7 Å². The van der Waals surface area contributed by atoms with Crippen LogP contribution < -0.4 is 5.32 Å². The van der Waals surface area contributed by atoms with Crippen molar-refractivity contribution in [1.29, 1.82) is 0 Å². The first-order valence-electron chi connectivity index (χ1n) is 11.2. The Morgan fingerprint density at radius 2 is 1.83 bits per heavy atom. The molecule has 0 bridgehead atoms. The molecule has 1 aromatic rings. The summed E-state index contributed by atoms with van der Waals surface area (Å²) in [5.41, 5.74) is 1.02. The minimum Gasteiger partial charge on any atom is -0.356 e. The SMILES string of the molecule is CC1CCCCN1CCCNC(=O)C1CCN(C(=O)/C=C/c2ccccc2)CC1. The van der Waals surface area contributed by atoms with E-state index in [1.165, 1.54) is 25.8 Å². The molecule has 5 heteroatoms. The summed E-state index contributed by atoms with van der Waals surface area (Å²) in [5, 5.41) is 3.11. The predicted octanol–water partition coefficient (Wildman–Crippen LogP) is 3.32. The van der Waals surface area contributed by atoms with Crippen molar-refractivity contribution in [3.63, 3.8) is 0 Å². The Hall–Kier alpha value is -2.14. The molecular formula is C24H35N3O2. The van der Waals surface area contributed by atoms with Gasteiger partial charge in [-0.05, 0) is 57.2 Å². The number of rotatable bonds is 7. The Kier molecular flexibility index (Phi) is 8.29. The second-order valence-corrected chi connectivity index (χ2v) is 8.37. The van der Waals surface area contributed by atoms with E-state index in [1.54, 1.807) is 6.08 Å². The highest BCUT2D eigenvalue weighted by atomic mass is 16.2. The Balaban J connectivity index is 1.32. The lowest BCUT2D eigenvalue weighted by Crippen LogP contribution is -2.43. The maximum Gasteiger partial charge on any atom is 0.246 e. The first-order chi connectivity index (χ1) is 14.1. The van der Waals surface area contributed by atoms with Gasteiger partial charge in [-0.1, -0.05) is 36.8 Å². The molecule has 2 heterocycles. The summed E-state index contributed by atoms with van der Waals surface area (Å²) in [7, 11) is 0. The van der Waals surface area contributed by atoms with E-state index >= 15 is 0 Å². The molecule has 0 saturated carbocycles. The van der Waals surface area contributed by atoms with Gasteiger partial charge in [0.15, 0.2) is 0 Å². The summed E-state index contributed by atoms with van der Waals surface area (Å²) in [6, 6.07) is 10.5. The highest BCUT2D eigenvalue weighted by molar-refractivity contribution is 5.92. The van der Waals surface area contributed by atoms with Crippen molar-refractivity contribution in [3.8, 4) is 0 Å². The van der Waals surface area contributed by atoms with E-state index in [-0.39, 0.29) is 17.7 Å². The quantitative estimate of drug-likeness (QED) is 0.567. The third-order valence-corrected chi connectivity index (χ3v) is 6.26. The lowest BCUT2D eigenvalue weighted by Gasteiger charge is -2.33. The summed E-state index contributed by atoms with van der Waals surface area (Å²) < 4.78 is 0. The normalized spacial score (nSPS) is 21.4. The van der Waals surface area contributed by atoms with E-state index in [0.29, 0.717) is 19.1 Å². The van der Waals surface area contributed by atoms with E-state index < -0.39 is 0 Å². The Labute approximate surface area is 175 Å². The molecule has 1 unspecified atom stereocenters.